The molecule has 0 saturated heterocycles. The van der Waals surface area contributed by atoms with Gasteiger partial charge in [-0.1, -0.05) is 11.6 Å². The predicted octanol–water partition coefficient (Wildman–Crippen LogP) is 2.03. The molecule has 0 aromatic carbocycles. The van der Waals surface area contributed by atoms with Gasteiger partial charge >= 0.3 is 0 Å². The van der Waals surface area contributed by atoms with Crippen LogP contribution in [0.15, 0.2) is 12.1 Å². The zero-order chi connectivity index (χ0) is 15.5. The second-order valence-corrected chi connectivity index (χ2v) is 9.20. The minimum Gasteiger partial charge on any atom is -0.339 e. The van der Waals surface area contributed by atoms with Crippen molar-refractivity contribution in [2.75, 3.05) is 20.6 Å². The first kappa shape index (κ1) is 17.4. The smallest absolute Gasteiger partial charge is 0.237 e. The third-order valence-corrected chi connectivity index (χ3v) is 6.24. The first-order valence-corrected chi connectivity index (χ1v) is 8.77. The van der Waals surface area contributed by atoms with Gasteiger partial charge in [-0.15, -0.1) is 11.3 Å². The van der Waals surface area contributed by atoms with Gasteiger partial charge in [0.2, 0.25) is 15.9 Å². The second-order valence-electron chi connectivity index (χ2n) is 4.81. The lowest BCUT2D eigenvalue weighted by molar-refractivity contribution is -0.130. The molecule has 1 rings (SSSR count). The minimum absolute atomic E-state index is 0.157. The Morgan fingerprint density at radius 1 is 1.35 bits per heavy atom. The lowest BCUT2D eigenvalue weighted by Gasteiger charge is -2.22. The van der Waals surface area contributed by atoms with Crippen LogP contribution in [-0.4, -0.2) is 49.4 Å². The number of hydrogen-bond acceptors (Lipinski definition) is 4. The highest BCUT2D eigenvalue weighted by molar-refractivity contribution is 7.89. The third-order valence-electron chi connectivity index (χ3n) is 2.84. The zero-order valence-corrected chi connectivity index (χ0v) is 14.3. The molecular formula is C12H19ClN2O3S2. The van der Waals surface area contributed by atoms with E-state index < -0.39 is 15.3 Å². The molecule has 5 nitrogen and oxygen atoms in total. The molecule has 0 fully saturated rings. The van der Waals surface area contributed by atoms with Gasteiger partial charge in [-0.2, -0.15) is 4.31 Å². The predicted molar refractivity (Wildman–Crippen MR) is 82.5 cm³/mol. The van der Waals surface area contributed by atoms with Crippen molar-refractivity contribution in [3.05, 3.63) is 21.3 Å². The Balaban J connectivity index is 2.62. The molecule has 8 heteroatoms. The lowest BCUT2D eigenvalue weighted by Crippen LogP contribution is -2.41. The highest BCUT2D eigenvalue weighted by Crippen LogP contribution is 2.22. The van der Waals surface area contributed by atoms with Crippen LogP contribution >= 0.6 is 22.9 Å². The summed E-state index contributed by atoms with van der Waals surface area (Å²) in [4.78, 5) is 14.5. The van der Waals surface area contributed by atoms with E-state index in [2.05, 4.69) is 0 Å². The number of likely N-dealkylation sites (N-methyl/N-ethyl adjacent to an activating group) is 2. The van der Waals surface area contributed by atoms with Crippen molar-refractivity contribution in [3.63, 3.8) is 0 Å². The van der Waals surface area contributed by atoms with Crippen molar-refractivity contribution < 1.29 is 13.2 Å². The lowest BCUT2D eigenvalue weighted by atomic mass is 10.4. The van der Waals surface area contributed by atoms with E-state index in [1.165, 1.54) is 23.3 Å². The molecule has 0 N–H and O–H groups in total. The van der Waals surface area contributed by atoms with Crippen molar-refractivity contribution in [3.8, 4) is 0 Å². The van der Waals surface area contributed by atoms with Gasteiger partial charge < -0.3 is 4.90 Å². The van der Waals surface area contributed by atoms with E-state index in [1.807, 2.05) is 6.07 Å². The summed E-state index contributed by atoms with van der Waals surface area (Å²) in [6, 6.07) is 3.63. The van der Waals surface area contributed by atoms with Crippen LogP contribution in [0, 0.1) is 0 Å². The second kappa shape index (κ2) is 6.89. The Hall–Kier alpha value is -0.630. The van der Waals surface area contributed by atoms with Gasteiger partial charge in [0.05, 0.1) is 22.7 Å². The Bertz CT molecular complexity index is 569. The van der Waals surface area contributed by atoms with Crippen molar-refractivity contribution >= 4 is 38.9 Å². The number of carbonyl (C=O) groups is 1. The number of amides is 1. The van der Waals surface area contributed by atoms with Crippen molar-refractivity contribution in [1.29, 1.82) is 0 Å². The highest BCUT2D eigenvalue weighted by Gasteiger charge is 2.25. The van der Waals surface area contributed by atoms with Crippen LogP contribution < -0.4 is 0 Å². The zero-order valence-electron chi connectivity index (χ0n) is 12.0. The fraction of sp³-hybridized carbons (Fsp3) is 0.583. The molecule has 1 amide bonds. The molecule has 0 radical (unpaired) electrons. The van der Waals surface area contributed by atoms with E-state index in [0.717, 1.165) is 9.18 Å². The van der Waals surface area contributed by atoms with E-state index in [0.29, 0.717) is 10.9 Å². The standard InChI is InChI=1S/C12H19ClN2O3S2/c1-9(2)20(17,18)15(4)8-12(16)14(3)7-10-5-6-11(13)19-10/h5-6,9H,7-8H2,1-4H3. The van der Waals surface area contributed by atoms with Crippen LogP contribution in [0.4, 0.5) is 0 Å². The summed E-state index contributed by atoms with van der Waals surface area (Å²) in [6.07, 6.45) is 0. The molecule has 0 saturated carbocycles. The van der Waals surface area contributed by atoms with E-state index >= 15 is 0 Å². The Labute approximate surface area is 129 Å². The van der Waals surface area contributed by atoms with E-state index in [4.69, 9.17) is 11.6 Å². The number of hydrogen-bond donors (Lipinski definition) is 0. The monoisotopic (exact) mass is 338 g/mol. The summed E-state index contributed by atoms with van der Waals surface area (Å²) < 4.78 is 25.5. The average molecular weight is 339 g/mol. The average Bonchev–Trinajstić information content (AvgIpc) is 2.74. The largest absolute Gasteiger partial charge is 0.339 e. The van der Waals surface area contributed by atoms with Crippen LogP contribution in [0.5, 0.6) is 0 Å². The molecule has 20 heavy (non-hydrogen) atoms. The first-order chi connectivity index (χ1) is 9.14. The fourth-order valence-corrected chi connectivity index (χ4v) is 3.67. The van der Waals surface area contributed by atoms with Crippen LogP contribution in [-0.2, 0) is 21.4 Å². The molecule has 0 aliphatic heterocycles. The summed E-state index contributed by atoms with van der Waals surface area (Å²) in [7, 11) is -0.343. The highest BCUT2D eigenvalue weighted by atomic mass is 35.5. The maximum Gasteiger partial charge on any atom is 0.237 e. The molecule has 0 aliphatic carbocycles. The molecule has 1 aromatic heterocycles. The molecule has 0 unspecified atom stereocenters. The maximum absolute atomic E-state index is 12.0. The first-order valence-electron chi connectivity index (χ1n) is 6.08. The van der Waals surface area contributed by atoms with E-state index in [-0.39, 0.29) is 12.5 Å². The molecule has 0 aliphatic rings. The summed E-state index contributed by atoms with van der Waals surface area (Å²) in [5.74, 6) is -0.249. The fourth-order valence-electron chi connectivity index (χ4n) is 1.52. The van der Waals surface area contributed by atoms with Gasteiger partial charge in [0, 0.05) is 19.0 Å². The number of rotatable bonds is 6. The van der Waals surface area contributed by atoms with Gasteiger partial charge in [0.15, 0.2) is 0 Å². The summed E-state index contributed by atoms with van der Waals surface area (Å²) in [6.45, 7) is 3.45. The third kappa shape index (κ3) is 4.44. The topological polar surface area (TPSA) is 57.7 Å². The van der Waals surface area contributed by atoms with Crippen molar-refractivity contribution in [2.45, 2.75) is 25.6 Å². The number of carbonyl (C=O) groups excluding carboxylic acids is 1. The minimum atomic E-state index is -3.41. The quantitative estimate of drug-likeness (QED) is 0.797. The maximum atomic E-state index is 12.0. The molecule has 1 heterocycles. The van der Waals surface area contributed by atoms with Crippen LogP contribution in [0.1, 0.15) is 18.7 Å². The SMILES string of the molecule is CC(C)S(=O)(=O)N(C)CC(=O)N(C)Cc1ccc(Cl)s1. The Morgan fingerprint density at radius 3 is 2.40 bits per heavy atom. The van der Waals surface area contributed by atoms with Crippen molar-refractivity contribution in [1.82, 2.24) is 9.21 Å². The van der Waals surface area contributed by atoms with Crippen LogP contribution in [0.3, 0.4) is 0 Å². The van der Waals surface area contributed by atoms with Gasteiger partial charge in [-0.25, -0.2) is 8.42 Å². The van der Waals surface area contributed by atoms with E-state index in [9.17, 15) is 13.2 Å². The number of thiophene rings is 1. The van der Waals surface area contributed by atoms with Crippen molar-refractivity contribution in [2.24, 2.45) is 0 Å². The van der Waals surface area contributed by atoms with Crippen LogP contribution in [0.25, 0.3) is 0 Å². The van der Waals surface area contributed by atoms with Gasteiger partial charge in [-0.05, 0) is 26.0 Å². The molecule has 0 atom stereocenters. The van der Waals surface area contributed by atoms with Gasteiger partial charge in [-0.3, -0.25) is 4.79 Å². The van der Waals surface area contributed by atoms with Crippen LogP contribution in [0.2, 0.25) is 4.34 Å². The number of halogens is 1. The Morgan fingerprint density at radius 2 is 1.95 bits per heavy atom. The summed E-state index contributed by atoms with van der Waals surface area (Å²) >= 11 is 7.23. The summed E-state index contributed by atoms with van der Waals surface area (Å²) in [5.41, 5.74) is 0. The van der Waals surface area contributed by atoms with E-state index in [1.54, 1.807) is 27.0 Å². The normalized spacial score (nSPS) is 12.2. The molecular weight excluding hydrogens is 320 g/mol. The Kier molecular flexibility index (Phi) is 6.00. The van der Waals surface area contributed by atoms with Gasteiger partial charge in [0.25, 0.3) is 0 Å². The number of nitrogens with zero attached hydrogens (tertiary/aromatic N) is 2. The molecule has 114 valence electrons. The number of sulfonamides is 1. The van der Waals surface area contributed by atoms with Gasteiger partial charge in [0.1, 0.15) is 0 Å². The summed E-state index contributed by atoms with van der Waals surface area (Å²) in [5, 5.41) is -0.540. The molecule has 0 bridgehead atoms. The molecule has 0 spiro atoms. The molecule has 1 aromatic rings.